The van der Waals surface area contributed by atoms with Crippen molar-refractivity contribution in [2.75, 3.05) is 20.3 Å². The predicted molar refractivity (Wildman–Crippen MR) is 129 cm³/mol. The van der Waals surface area contributed by atoms with Crippen LogP contribution in [0.25, 0.3) is 6.08 Å². The maximum Gasteiger partial charge on any atom is 0.185 e. The van der Waals surface area contributed by atoms with E-state index in [2.05, 4.69) is 0 Å². The van der Waals surface area contributed by atoms with E-state index in [9.17, 15) is 4.79 Å². The molecule has 0 fully saturated rings. The van der Waals surface area contributed by atoms with Crippen molar-refractivity contribution in [2.24, 2.45) is 0 Å². The van der Waals surface area contributed by atoms with E-state index in [1.165, 1.54) is 0 Å². The minimum atomic E-state index is -0.118. The van der Waals surface area contributed by atoms with Crippen LogP contribution in [0.3, 0.4) is 0 Å². The van der Waals surface area contributed by atoms with Crippen LogP contribution >= 0.6 is 11.6 Å². The molecule has 0 atom stereocenters. The van der Waals surface area contributed by atoms with E-state index in [1.807, 2.05) is 44.2 Å². The number of rotatable bonds is 7. The smallest absolute Gasteiger partial charge is 0.185 e. The Labute approximate surface area is 198 Å². The highest BCUT2D eigenvalue weighted by Crippen LogP contribution is 2.31. The van der Waals surface area contributed by atoms with Crippen molar-refractivity contribution in [1.82, 2.24) is 0 Å². The van der Waals surface area contributed by atoms with E-state index >= 15 is 0 Å². The van der Waals surface area contributed by atoms with Gasteiger partial charge < -0.3 is 18.9 Å². The lowest BCUT2D eigenvalue weighted by molar-refractivity contribution is 0.104. The number of methoxy groups -OCH3 is 1. The molecule has 5 nitrogen and oxygen atoms in total. The second-order valence-corrected chi connectivity index (χ2v) is 8.16. The molecule has 0 aromatic heterocycles. The third kappa shape index (κ3) is 5.32. The van der Waals surface area contributed by atoms with Crippen molar-refractivity contribution in [1.29, 1.82) is 0 Å². The number of carbonyl (C=O) groups excluding carboxylic acids is 1. The summed E-state index contributed by atoms with van der Waals surface area (Å²) in [6.07, 6.45) is 3.32. The van der Waals surface area contributed by atoms with Crippen molar-refractivity contribution in [3.63, 3.8) is 0 Å². The average molecular weight is 465 g/mol. The highest BCUT2D eigenvalue weighted by molar-refractivity contribution is 6.32. The van der Waals surface area contributed by atoms with Gasteiger partial charge in [-0.1, -0.05) is 23.7 Å². The van der Waals surface area contributed by atoms with Crippen LogP contribution in [-0.4, -0.2) is 26.1 Å². The van der Waals surface area contributed by atoms with Gasteiger partial charge in [0, 0.05) is 16.1 Å². The summed E-state index contributed by atoms with van der Waals surface area (Å²) in [6.45, 7) is 5.22. The summed E-state index contributed by atoms with van der Waals surface area (Å²) < 4.78 is 22.6. The van der Waals surface area contributed by atoms with Gasteiger partial charge in [0.05, 0.1) is 7.11 Å². The molecule has 1 aliphatic heterocycles. The molecule has 0 saturated carbocycles. The van der Waals surface area contributed by atoms with Crippen molar-refractivity contribution >= 4 is 23.5 Å². The molecule has 0 radical (unpaired) electrons. The largest absolute Gasteiger partial charge is 0.496 e. The van der Waals surface area contributed by atoms with Crippen molar-refractivity contribution in [3.05, 3.63) is 87.4 Å². The molecule has 3 aromatic rings. The highest BCUT2D eigenvalue weighted by Gasteiger charge is 2.14. The molecule has 3 aromatic carbocycles. The summed E-state index contributed by atoms with van der Waals surface area (Å²) in [6, 6.07) is 14.8. The van der Waals surface area contributed by atoms with Crippen molar-refractivity contribution in [3.8, 4) is 23.0 Å². The van der Waals surface area contributed by atoms with Gasteiger partial charge in [-0.15, -0.1) is 0 Å². The van der Waals surface area contributed by atoms with Gasteiger partial charge in [-0.25, -0.2) is 0 Å². The summed E-state index contributed by atoms with van der Waals surface area (Å²) in [4.78, 5) is 12.7. The first kappa shape index (κ1) is 22.7. The van der Waals surface area contributed by atoms with E-state index in [0.717, 1.165) is 33.0 Å². The summed E-state index contributed by atoms with van der Waals surface area (Å²) in [5, 5.41) is 0.745. The Hall–Kier alpha value is -3.44. The van der Waals surface area contributed by atoms with Gasteiger partial charge in [-0.3, -0.25) is 4.79 Å². The molecule has 4 rings (SSSR count). The first-order chi connectivity index (χ1) is 15.9. The molecule has 0 amide bonds. The monoisotopic (exact) mass is 464 g/mol. The topological polar surface area (TPSA) is 54.0 Å². The number of ketones is 1. The van der Waals surface area contributed by atoms with Crippen molar-refractivity contribution in [2.45, 2.75) is 20.5 Å². The minimum absolute atomic E-state index is 0.118. The summed E-state index contributed by atoms with van der Waals surface area (Å²) in [5.41, 5.74) is 4.21. The van der Waals surface area contributed by atoms with Crippen LogP contribution in [0.4, 0.5) is 0 Å². The van der Waals surface area contributed by atoms with Gasteiger partial charge >= 0.3 is 0 Å². The Balaban J connectivity index is 1.49. The van der Waals surface area contributed by atoms with Crippen LogP contribution in [0.15, 0.2) is 54.6 Å². The normalized spacial score (nSPS) is 12.6. The number of carbonyl (C=O) groups is 1. The van der Waals surface area contributed by atoms with Crippen LogP contribution in [0.1, 0.15) is 32.6 Å². The lowest BCUT2D eigenvalue weighted by atomic mass is 10.1. The van der Waals surface area contributed by atoms with Gasteiger partial charge in [0.1, 0.15) is 31.3 Å². The van der Waals surface area contributed by atoms with Gasteiger partial charge in [-0.05, 0) is 79.1 Å². The van der Waals surface area contributed by atoms with E-state index in [0.29, 0.717) is 42.6 Å². The molecule has 0 spiro atoms. The lowest BCUT2D eigenvalue weighted by Crippen LogP contribution is -2.15. The molecule has 170 valence electrons. The van der Waals surface area contributed by atoms with Gasteiger partial charge in [0.25, 0.3) is 0 Å². The SMILES string of the molecule is COc1ccc(/C=C/C(=O)c2ccc3c(c2)OCCO3)cc1COc1cc(C)c(Cl)c(C)c1. The Morgan fingerprint density at radius 1 is 1.00 bits per heavy atom. The zero-order valence-electron chi connectivity index (χ0n) is 18.8. The molecular formula is C27H25ClO5. The average Bonchev–Trinajstić information content (AvgIpc) is 2.84. The molecule has 6 heteroatoms. The Kier molecular flexibility index (Phi) is 6.90. The van der Waals surface area contributed by atoms with Gasteiger partial charge in [0.2, 0.25) is 0 Å². The van der Waals surface area contributed by atoms with Crippen LogP contribution in [0.2, 0.25) is 5.02 Å². The Morgan fingerprint density at radius 3 is 2.45 bits per heavy atom. The Morgan fingerprint density at radius 2 is 1.73 bits per heavy atom. The first-order valence-corrected chi connectivity index (χ1v) is 11.0. The molecular weight excluding hydrogens is 440 g/mol. The number of aryl methyl sites for hydroxylation is 2. The fourth-order valence-electron chi connectivity index (χ4n) is 3.63. The van der Waals surface area contributed by atoms with Crippen molar-refractivity contribution < 1.29 is 23.7 Å². The Bertz CT molecular complexity index is 1190. The standard InChI is InChI=1S/C27H25ClO5/c1-17-12-22(13-18(2)27(17)28)33-16-21-14-19(5-8-24(21)30-3)4-7-23(29)20-6-9-25-26(15-20)32-11-10-31-25/h4-9,12-15H,10-11,16H2,1-3H3/b7-4+. The number of hydrogen-bond acceptors (Lipinski definition) is 5. The number of hydrogen-bond donors (Lipinski definition) is 0. The van der Waals surface area contributed by atoms with E-state index in [1.54, 1.807) is 37.5 Å². The molecule has 0 saturated heterocycles. The molecule has 0 bridgehead atoms. The summed E-state index contributed by atoms with van der Waals surface area (Å²) in [7, 11) is 1.62. The van der Waals surface area contributed by atoms with Gasteiger partial charge in [-0.2, -0.15) is 0 Å². The zero-order chi connectivity index (χ0) is 23.4. The third-order valence-corrected chi connectivity index (χ3v) is 5.96. The molecule has 1 heterocycles. The molecule has 0 aliphatic carbocycles. The molecule has 33 heavy (non-hydrogen) atoms. The highest BCUT2D eigenvalue weighted by atomic mass is 35.5. The molecule has 0 unspecified atom stereocenters. The number of ether oxygens (including phenoxy) is 4. The van der Waals surface area contributed by atoms with Crippen LogP contribution < -0.4 is 18.9 Å². The first-order valence-electron chi connectivity index (χ1n) is 10.6. The van der Waals surface area contributed by atoms with Crippen LogP contribution in [0, 0.1) is 13.8 Å². The van der Waals surface area contributed by atoms with Crippen LogP contribution in [0.5, 0.6) is 23.0 Å². The summed E-state index contributed by atoms with van der Waals surface area (Å²) >= 11 is 6.25. The molecule has 1 aliphatic rings. The number of benzene rings is 3. The van der Waals surface area contributed by atoms with E-state index < -0.39 is 0 Å². The quantitative estimate of drug-likeness (QED) is 0.307. The molecule has 0 N–H and O–H groups in total. The summed E-state index contributed by atoms with van der Waals surface area (Å²) in [5.74, 6) is 2.59. The number of allylic oxidation sites excluding steroid dienone is 1. The third-order valence-electron chi connectivity index (χ3n) is 5.36. The fraction of sp³-hybridized carbons (Fsp3) is 0.222. The minimum Gasteiger partial charge on any atom is -0.496 e. The maximum absolute atomic E-state index is 12.7. The van der Waals surface area contributed by atoms with E-state index in [-0.39, 0.29) is 5.78 Å². The zero-order valence-corrected chi connectivity index (χ0v) is 19.6. The fourth-order valence-corrected chi connectivity index (χ4v) is 3.74. The number of fused-ring (bicyclic) bond motifs is 1. The van der Waals surface area contributed by atoms with Crippen LogP contribution in [-0.2, 0) is 6.61 Å². The number of halogens is 1. The second-order valence-electron chi connectivity index (χ2n) is 7.79. The second kappa shape index (κ2) is 10.0. The lowest BCUT2D eigenvalue weighted by Gasteiger charge is -2.18. The van der Waals surface area contributed by atoms with Gasteiger partial charge in [0.15, 0.2) is 17.3 Å². The predicted octanol–water partition coefficient (Wildman–Crippen LogP) is 6.21. The maximum atomic E-state index is 12.7. The van der Waals surface area contributed by atoms with E-state index in [4.69, 9.17) is 30.5 Å².